The lowest BCUT2D eigenvalue weighted by molar-refractivity contribution is -0.134. The van der Waals surface area contributed by atoms with E-state index < -0.39 is 26.3 Å². The number of hydrogen-bond donors (Lipinski definition) is 1. The van der Waals surface area contributed by atoms with Gasteiger partial charge < -0.3 is 10.2 Å². The third kappa shape index (κ3) is 4.02. The molecule has 9 heteroatoms. The summed E-state index contributed by atoms with van der Waals surface area (Å²) in [4.78, 5) is 14.1. The Morgan fingerprint density at radius 1 is 1.38 bits per heavy atom. The quantitative estimate of drug-likeness (QED) is 0.842. The number of carbonyl (C=O) groups excluding carboxylic acids is 1. The van der Waals surface area contributed by atoms with Crippen LogP contribution in [0.4, 0.5) is 4.39 Å². The number of halogens is 3. The lowest BCUT2D eigenvalue weighted by atomic mass is 9.95. The predicted molar refractivity (Wildman–Crippen MR) is 94.8 cm³/mol. The highest BCUT2D eigenvalue weighted by Gasteiger charge is 2.49. The van der Waals surface area contributed by atoms with Gasteiger partial charge in [-0.1, -0.05) is 17.7 Å². The fraction of sp³-hybridized carbons (Fsp3) is 0.533. The number of sulfone groups is 1. The van der Waals surface area contributed by atoms with Crippen LogP contribution in [0.15, 0.2) is 18.2 Å². The predicted octanol–water partition coefficient (Wildman–Crippen LogP) is 2.03. The van der Waals surface area contributed by atoms with Gasteiger partial charge in [-0.2, -0.15) is 0 Å². The first-order valence-corrected chi connectivity index (χ1v) is 9.55. The molecule has 2 rings (SSSR count). The fourth-order valence-corrected chi connectivity index (χ4v) is 4.56. The van der Waals surface area contributed by atoms with Crippen LogP contribution in [0.5, 0.6) is 0 Å². The zero-order valence-electron chi connectivity index (χ0n) is 13.5. The maximum atomic E-state index is 13.9. The topological polar surface area (TPSA) is 66.5 Å². The number of nitrogens with one attached hydrogen (secondary N) is 1. The molecular weight excluding hydrogens is 378 g/mol. The molecule has 0 bridgehead atoms. The Labute approximate surface area is 152 Å². The molecule has 0 saturated carbocycles. The number of carbonyl (C=O) groups is 1. The Balaban J connectivity index is 0.00000288. The van der Waals surface area contributed by atoms with E-state index in [1.165, 1.54) is 30.1 Å². The zero-order chi connectivity index (χ0) is 17.3. The molecule has 0 aromatic heterocycles. The van der Waals surface area contributed by atoms with Crippen molar-refractivity contribution in [3.8, 4) is 0 Å². The summed E-state index contributed by atoms with van der Waals surface area (Å²) in [5, 5.41) is 3.27. The Kier molecular flexibility index (Phi) is 7.04. The molecule has 1 fully saturated rings. The normalized spacial score (nSPS) is 17.0. The van der Waals surface area contributed by atoms with Crippen LogP contribution < -0.4 is 5.32 Å². The van der Waals surface area contributed by atoms with Gasteiger partial charge in [0.25, 0.3) is 0 Å². The van der Waals surface area contributed by atoms with E-state index in [-0.39, 0.29) is 42.4 Å². The second-order valence-electron chi connectivity index (χ2n) is 5.88. The van der Waals surface area contributed by atoms with Crippen LogP contribution in [0.2, 0.25) is 5.02 Å². The van der Waals surface area contributed by atoms with E-state index >= 15 is 0 Å². The van der Waals surface area contributed by atoms with Crippen LogP contribution in [0.1, 0.15) is 18.4 Å². The van der Waals surface area contributed by atoms with Gasteiger partial charge in [-0.25, -0.2) is 12.8 Å². The molecule has 0 radical (unpaired) electrons. The molecule has 136 valence electrons. The molecule has 1 aliphatic heterocycles. The standard InChI is InChI=1S/C15H20ClFN2O3S.ClH/c1-19(10-11-12(16)4-3-5-13(11)17)14(20)15(23(2,21)22)6-8-18-9-7-15;/h3-5,18H,6-10H2,1-2H3;1H. The number of amides is 1. The van der Waals surface area contributed by atoms with Gasteiger partial charge in [0.15, 0.2) is 14.6 Å². The van der Waals surface area contributed by atoms with Crippen molar-refractivity contribution in [2.75, 3.05) is 26.4 Å². The van der Waals surface area contributed by atoms with Gasteiger partial charge >= 0.3 is 0 Å². The van der Waals surface area contributed by atoms with Gasteiger partial charge in [0, 0.05) is 30.4 Å². The highest BCUT2D eigenvalue weighted by atomic mass is 35.5. The van der Waals surface area contributed by atoms with E-state index in [2.05, 4.69) is 5.32 Å². The van der Waals surface area contributed by atoms with Crippen molar-refractivity contribution in [3.05, 3.63) is 34.6 Å². The molecule has 0 spiro atoms. The monoisotopic (exact) mass is 398 g/mol. The Morgan fingerprint density at radius 3 is 2.46 bits per heavy atom. The van der Waals surface area contributed by atoms with Crippen LogP contribution >= 0.6 is 24.0 Å². The molecule has 1 heterocycles. The molecule has 0 aliphatic carbocycles. The third-order valence-electron chi connectivity index (χ3n) is 4.31. The Morgan fingerprint density at radius 2 is 1.96 bits per heavy atom. The van der Waals surface area contributed by atoms with Crippen LogP contribution in [0.3, 0.4) is 0 Å². The Hall–Kier alpha value is -0.890. The molecule has 0 unspecified atom stereocenters. The molecular formula is C15H21Cl2FN2O3S. The van der Waals surface area contributed by atoms with Gasteiger partial charge in [-0.05, 0) is 38.1 Å². The Bertz CT molecular complexity index is 686. The van der Waals surface area contributed by atoms with E-state index in [0.29, 0.717) is 13.1 Å². The zero-order valence-corrected chi connectivity index (χ0v) is 15.9. The third-order valence-corrected chi connectivity index (χ3v) is 6.67. The first-order chi connectivity index (χ1) is 10.7. The van der Waals surface area contributed by atoms with Crippen LogP contribution in [-0.4, -0.2) is 50.4 Å². The average molecular weight is 399 g/mol. The minimum absolute atomic E-state index is 0. The minimum atomic E-state index is -3.60. The van der Waals surface area contributed by atoms with E-state index in [0.717, 1.165) is 6.26 Å². The number of benzene rings is 1. The molecule has 24 heavy (non-hydrogen) atoms. The van der Waals surface area contributed by atoms with Crippen LogP contribution in [0.25, 0.3) is 0 Å². The second-order valence-corrected chi connectivity index (χ2v) is 8.61. The lowest BCUT2D eigenvalue weighted by Gasteiger charge is -2.37. The summed E-state index contributed by atoms with van der Waals surface area (Å²) in [6, 6.07) is 4.28. The number of nitrogens with zero attached hydrogens (tertiary/aromatic N) is 1. The molecule has 1 saturated heterocycles. The lowest BCUT2D eigenvalue weighted by Crippen LogP contribution is -2.57. The van der Waals surface area contributed by atoms with Gasteiger partial charge in [0.05, 0.1) is 0 Å². The molecule has 1 aromatic rings. The van der Waals surface area contributed by atoms with Gasteiger partial charge in [0.1, 0.15) is 5.82 Å². The number of rotatable bonds is 4. The van der Waals surface area contributed by atoms with Crippen molar-refractivity contribution in [1.82, 2.24) is 10.2 Å². The summed E-state index contributed by atoms with van der Waals surface area (Å²) in [5.41, 5.74) is 0.183. The maximum absolute atomic E-state index is 13.9. The summed E-state index contributed by atoms with van der Waals surface area (Å²) >= 11 is 5.98. The van der Waals surface area contributed by atoms with Crippen molar-refractivity contribution in [2.45, 2.75) is 24.1 Å². The fourth-order valence-electron chi connectivity index (χ4n) is 2.91. The van der Waals surface area contributed by atoms with E-state index in [1.54, 1.807) is 0 Å². The van der Waals surface area contributed by atoms with Crippen molar-refractivity contribution < 1.29 is 17.6 Å². The van der Waals surface area contributed by atoms with Crippen LogP contribution in [-0.2, 0) is 21.2 Å². The van der Waals surface area contributed by atoms with Gasteiger partial charge in [-0.15, -0.1) is 12.4 Å². The van der Waals surface area contributed by atoms with Crippen LogP contribution in [0, 0.1) is 5.82 Å². The summed E-state index contributed by atoms with van der Waals surface area (Å²) in [6.07, 6.45) is 1.50. The maximum Gasteiger partial charge on any atom is 0.244 e. The highest BCUT2D eigenvalue weighted by Crippen LogP contribution is 2.31. The van der Waals surface area contributed by atoms with E-state index in [9.17, 15) is 17.6 Å². The van der Waals surface area contributed by atoms with Gasteiger partial charge in [0.2, 0.25) is 5.91 Å². The SMILES string of the molecule is CN(Cc1c(F)cccc1Cl)C(=O)C1(S(C)(=O)=O)CCNCC1.Cl. The molecule has 1 amide bonds. The van der Waals surface area contributed by atoms with Gasteiger partial charge in [-0.3, -0.25) is 4.79 Å². The highest BCUT2D eigenvalue weighted by molar-refractivity contribution is 7.92. The van der Waals surface area contributed by atoms with E-state index in [1.807, 2.05) is 0 Å². The van der Waals surface area contributed by atoms with Crippen molar-refractivity contribution in [2.24, 2.45) is 0 Å². The molecule has 1 aromatic carbocycles. The largest absolute Gasteiger partial charge is 0.340 e. The first-order valence-electron chi connectivity index (χ1n) is 7.28. The summed E-state index contributed by atoms with van der Waals surface area (Å²) in [5.74, 6) is -1.03. The molecule has 1 N–H and O–H groups in total. The summed E-state index contributed by atoms with van der Waals surface area (Å²) in [6.45, 7) is 0.829. The first kappa shape index (κ1) is 21.2. The summed E-state index contributed by atoms with van der Waals surface area (Å²) in [7, 11) is -2.13. The summed E-state index contributed by atoms with van der Waals surface area (Å²) < 4.78 is 37.0. The molecule has 5 nitrogen and oxygen atoms in total. The van der Waals surface area contributed by atoms with Crippen molar-refractivity contribution in [1.29, 1.82) is 0 Å². The van der Waals surface area contributed by atoms with Crippen molar-refractivity contribution >= 4 is 39.8 Å². The van der Waals surface area contributed by atoms with E-state index in [4.69, 9.17) is 11.6 Å². The molecule has 0 atom stereocenters. The average Bonchev–Trinajstić information content (AvgIpc) is 2.49. The van der Waals surface area contributed by atoms with Crippen molar-refractivity contribution in [3.63, 3.8) is 0 Å². The second kappa shape index (κ2) is 7.99. The number of hydrogen-bond acceptors (Lipinski definition) is 4. The minimum Gasteiger partial charge on any atom is -0.340 e. The smallest absolute Gasteiger partial charge is 0.244 e. The molecule has 1 aliphatic rings. The number of piperidine rings is 1.